The van der Waals surface area contributed by atoms with Gasteiger partial charge in [0, 0.05) is 16.7 Å². The fourth-order valence-electron chi connectivity index (χ4n) is 7.87. The Labute approximate surface area is 326 Å². The Bertz CT molecular complexity index is 2990. The van der Waals surface area contributed by atoms with Crippen molar-refractivity contribution in [1.29, 1.82) is 0 Å². The van der Waals surface area contributed by atoms with E-state index in [0.29, 0.717) is 17.5 Å². The van der Waals surface area contributed by atoms with Gasteiger partial charge in [0.25, 0.3) is 0 Å². The number of hydrogen-bond donors (Lipinski definition) is 0. The first-order valence-corrected chi connectivity index (χ1v) is 18.9. The normalized spacial score (nSPS) is 11.2. The summed E-state index contributed by atoms with van der Waals surface area (Å²) in [6.07, 6.45) is 0. The van der Waals surface area contributed by atoms with Crippen LogP contribution in [-0.4, -0.2) is 15.0 Å². The summed E-state index contributed by atoms with van der Waals surface area (Å²) in [6, 6.07) is 74.7. The smallest absolute Gasteiger partial charge is 0.164 e. The van der Waals surface area contributed by atoms with E-state index in [1.54, 1.807) is 0 Å². The highest BCUT2D eigenvalue weighted by atomic mass is 15.0. The molecule has 0 saturated heterocycles. The van der Waals surface area contributed by atoms with E-state index in [9.17, 15) is 0 Å². The molecule has 3 heteroatoms. The number of hydrogen-bond acceptors (Lipinski definition) is 3. The molecule has 0 spiro atoms. The van der Waals surface area contributed by atoms with Crippen LogP contribution in [0.15, 0.2) is 212 Å². The predicted molar refractivity (Wildman–Crippen MR) is 233 cm³/mol. The molecule has 0 radical (unpaired) electrons. The van der Waals surface area contributed by atoms with Gasteiger partial charge in [-0.3, -0.25) is 0 Å². The van der Waals surface area contributed by atoms with Crippen molar-refractivity contribution in [2.75, 3.05) is 0 Å². The molecule has 1 heterocycles. The summed E-state index contributed by atoms with van der Waals surface area (Å²) in [5, 5.41) is 4.66. The zero-order valence-electron chi connectivity index (χ0n) is 30.5. The van der Waals surface area contributed by atoms with E-state index in [1.807, 2.05) is 30.3 Å². The highest BCUT2D eigenvalue weighted by molar-refractivity contribution is 6.12. The van der Waals surface area contributed by atoms with E-state index in [2.05, 4.69) is 182 Å². The fourth-order valence-corrected chi connectivity index (χ4v) is 7.87. The van der Waals surface area contributed by atoms with E-state index in [0.717, 1.165) is 38.6 Å². The third-order valence-electron chi connectivity index (χ3n) is 10.6. The van der Waals surface area contributed by atoms with Crippen molar-refractivity contribution < 1.29 is 0 Å². The van der Waals surface area contributed by atoms with Gasteiger partial charge in [0.1, 0.15) is 0 Å². The van der Waals surface area contributed by atoms with Crippen LogP contribution in [-0.2, 0) is 0 Å². The minimum absolute atomic E-state index is 0.638. The van der Waals surface area contributed by atoms with Gasteiger partial charge < -0.3 is 0 Å². The first-order valence-electron chi connectivity index (χ1n) is 18.9. The third kappa shape index (κ3) is 6.12. The van der Waals surface area contributed by atoms with Gasteiger partial charge in [-0.15, -0.1) is 0 Å². The molecule has 0 amide bonds. The maximum absolute atomic E-state index is 5.24. The SMILES string of the molecule is c1ccc(-c2ccc(-c3ccc(-c4ccc(-c5nc(-c6ccccc6)nc(-c6ccccc6-c6ccccc6)n5)c5ccccc45)c4ccccc34)cc2)cc1. The second-order valence-corrected chi connectivity index (χ2v) is 13.9. The van der Waals surface area contributed by atoms with Crippen molar-refractivity contribution in [2.24, 2.45) is 0 Å². The molecule has 0 saturated carbocycles. The van der Waals surface area contributed by atoms with Crippen molar-refractivity contribution in [3.05, 3.63) is 212 Å². The fraction of sp³-hybridized carbons (Fsp3) is 0. The number of aromatic nitrogens is 3. The zero-order valence-corrected chi connectivity index (χ0v) is 30.5. The summed E-state index contributed by atoms with van der Waals surface area (Å²) in [7, 11) is 0. The zero-order chi connectivity index (χ0) is 37.3. The molecule has 0 unspecified atom stereocenters. The summed E-state index contributed by atoms with van der Waals surface area (Å²) in [5.41, 5.74) is 12.2. The molecule has 0 aliphatic carbocycles. The summed E-state index contributed by atoms with van der Waals surface area (Å²) in [6.45, 7) is 0. The van der Waals surface area contributed by atoms with Crippen LogP contribution in [0.3, 0.4) is 0 Å². The van der Waals surface area contributed by atoms with Crippen molar-refractivity contribution in [3.63, 3.8) is 0 Å². The Morgan fingerprint density at radius 2 is 0.518 bits per heavy atom. The van der Waals surface area contributed by atoms with Gasteiger partial charge >= 0.3 is 0 Å². The molecule has 0 bridgehead atoms. The molecule has 3 nitrogen and oxygen atoms in total. The number of fused-ring (bicyclic) bond motifs is 2. The molecular weight excluding hydrogens is 679 g/mol. The van der Waals surface area contributed by atoms with E-state index in [-0.39, 0.29) is 0 Å². The van der Waals surface area contributed by atoms with Crippen LogP contribution in [0.2, 0.25) is 0 Å². The van der Waals surface area contributed by atoms with Gasteiger partial charge in [-0.2, -0.15) is 0 Å². The largest absolute Gasteiger partial charge is 0.208 e. The molecule has 0 atom stereocenters. The summed E-state index contributed by atoms with van der Waals surface area (Å²) in [4.78, 5) is 15.5. The van der Waals surface area contributed by atoms with Gasteiger partial charge in [0.2, 0.25) is 0 Å². The topological polar surface area (TPSA) is 38.7 Å². The van der Waals surface area contributed by atoms with E-state index < -0.39 is 0 Å². The Morgan fingerprint density at radius 1 is 0.179 bits per heavy atom. The Hall–Kier alpha value is -7.49. The Kier molecular flexibility index (Phi) is 8.51. The van der Waals surface area contributed by atoms with Crippen LogP contribution in [0.5, 0.6) is 0 Å². The van der Waals surface area contributed by atoms with Crippen LogP contribution in [0, 0.1) is 0 Å². The molecule has 0 fully saturated rings. The standard InChI is InChI=1S/C53H35N3/c1-4-16-36(17-5-1)37-28-30-39(31-29-37)42-32-33-47(44-24-12-11-23-43(42)44)48-34-35-50(46-26-14-13-25-45(46)48)53-55-51(40-20-8-3-9-21-40)54-52(56-53)49-27-15-10-22-41(49)38-18-6-2-7-19-38/h1-35H. The predicted octanol–water partition coefficient (Wildman–Crippen LogP) is 13.8. The average molecular weight is 714 g/mol. The molecule has 9 aromatic carbocycles. The van der Waals surface area contributed by atoms with E-state index in [1.165, 1.54) is 44.2 Å². The van der Waals surface area contributed by atoms with Crippen LogP contribution < -0.4 is 0 Å². The highest BCUT2D eigenvalue weighted by Gasteiger charge is 2.19. The third-order valence-corrected chi connectivity index (χ3v) is 10.6. The van der Waals surface area contributed by atoms with Crippen molar-refractivity contribution in [3.8, 4) is 78.7 Å². The maximum atomic E-state index is 5.24. The lowest BCUT2D eigenvalue weighted by Gasteiger charge is -2.16. The van der Waals surface area contributed by atoms with Crippen molar-refractivity contribution >= 4 is 21.5 Å². The monoisotopic (exact) mass is 713 g/mol. The van der Waals surface area contributed by atoms with Gasteiger partial charge in [0.05, 0.1) is 0 Å². The minimum Gasteiger partial charge on any atom is -0.208 e. The van der Waals surface area contributed by atoms with Crippen LogP contribution in [0.1, 0.15) is 0 Å². The highest BCUT2D eigenvalue weighted by Crippen LogP contribution is 2.41. The lowest BCUT2D eigenvalue weighted by atomic mass is 9.88. The van der Waals surface area contributed by atoms with Crippen molar-refractivity contribution in [1.82, 2.24) is 15.0 Å². The molecule has 1 aromatic heterocycles. The molecule has 10 aromatic rings. The molecule has 0 aliphatic heterocycles. The van der Waals surface area contributed by atoms with Crippen LogP contribution >= 0.6 is 0 Å². The Balaban J connectivity index is 1.12. The Morgan fingerprint density at radius 3 is 1.11 bits per heavy atom. The summed E-state index contributed by atoms with van der Waals surface area (Å²) in [5.74, 6) is 1.92. The average Bonchev–Trinajstić information content (AvgIpc) is 3.29. The van der Waals surface area contributed by atoms with Gasteiger partial charge in [-0.1, -0.05) is 206 Å². The second-order valence-electron chi connectivity index (χ2n) is 13.9. The van der Waals surface area contributed by atoms with E-state index >= 15 is 0 Å². The molecule has 262 valence electrons. The second kappa shape index (κ2) is 14.4. The molecule has 56 heavy (non-hydrogen) atoms. The van der Waals surface area contributed by atoms with Crippen LogP contribution in [0.4, 0.5) is 0 Å². The van der Waals surface area contributed by atoms with Crippen LogP contribution in [0.25, 0.3) is 100 Å². The number of rotatable bonds is 7. The quantitative estimate of drug-likeness (QED) is 0.165. The number of nitrogens with zero attached hydrogens (tertiary/aromatic N) is 3. The van der Waals surface area contributed by atoms with Gasteiger partial charge in [-0.25, -0.2) is 15.0 Å². The van der Waals surface area contributed by atoms with Gasteiger partial charge in [0.15, 0.2) is 17.5 Å². The van der Waals surface area contributed by atoms with Gasteiger partial charge in [-0.05, 0) is 72.1 Å². The number of benzene rings is 9. The summed E-state index contributed by atoms with van der Waals surface area (Å²) >= 11 is 0. The first kappa shape index (κ1) is 33.1. The molecule has 10 rings (SSSR count). The lowest BCUT2D eigenvalue weighted by molar-refractivity contribution is 1.08. The molecule has 0 aliphatic rings. The van der Waals surface area contributed by atoms with Crippen molar-refractivity contribution in [2.45, 2.75) is 0 Å². The summed E-state index contributed by atoms with van der Waals surface area (Å²) < 4.78 is 0. The molecular formula is C53H35N3. The lowest BCUT2D eigenvalue weighted by Crippen LogP contribution is -2.01. The molecule has 0 N–H and O–H groups in total. The van der Waals surface area contributed by atoms with E-state index in [4.69, 9.17) is 15.0 Å². The first-order chi connectivity index (χ1) is 27.8. The maximum Gasteiger partial charge on any atom is 0.164 e. The minimum atomic E-state index is 0.638.